The second-order valence-corrected chi connectivity index (χ2v) is 11.0. The molecule has 1 aliphatic carbocycles. The second-order valence-electron chi connectivity index (χ2n) is 8.21. The quantitative estimate of drug-likeness (QED) is 0.416. The van der Waals surface area contributed by atoms with E-state index in [9.17, 15) is 14.3 Å². The zero-order chi connectivity index (χ0) is 22.1. The molecule has 1 fully saturated rings. The summed E-state index contributed by atoms with van der Waals surface area (Å²) in [6.45, 7) is 6.05. The highest BCUT2D eigenvalue weighted by atomic mass is 32.2. The zero-order valence-corrected chi connectivity index (χ0v) is 19.5. The maximum atomic E-state index is 13.8. The van der Waals surface area contributed by atoms with Gasteiger partial charge < -0.3 is 5.11 Å². The molecule has 4 rings (SSSR count). The molecule has 8 heteroatoms. The first-order chi connectivity index (χ1) is 14.8. The predicted octanol–water partition coefficient (Wildman–Crippen LogP) is 6.69. The van der Waals surface area contributed by atoms with Crippen molar-refractivity contribution in [2.45, 2.75) is 68.3 Å². The van der Waals surface area contributed by atoms with Crippen molar-refractivity contribution in [1.82, 2.24) is 14.8 Å². The van der Waals surface area contributed by atoms with Gasteiger partial charge in [0, 0.05) is 16.7 Å². The van der Waals surface area contributed by atoms with Gasteiger partial charge in [0.15, 0.2) is 5.69 Å². The number of thiazole rings is 1. The lowest BCUT2D eigenvalue weighted by atomic mass is 9.87. The van der Waals surface area contributed by atoms with Crippen LogP contribution in [-0.4, -0.2) is 31.1 Å². The first-order valence-electron chi connectivity index (χ1n) is 10.6. The number of benzene rings is 1. The number of hydrogen-bond donors (Lipinski definition) is 1. The fraction of sp³-hybridized carbons (Fsp3) is 0.435. The minimum Gasteiger partial charge on any atom is -0.476 e. The number of aromatic carboxylic acids is 1. The van der Waals surface area contributed by atoms with Crippen LogP contribution >= 0.6 is 23.1 Å². The molecule has 2 aromatic heterocycles. The highest BCUT2D eigenvalue weighted by Crippen LogP contribution is 2.43. The first kappa shape index (κ1) is 22.0. The van der Waals surface area contributed by atoms with E-state index < -0.39 is 11.8 Å². The van der Waals surface area contributed by atoms with E-state index in [4.69, 9.17) is 4.98 Å². The molecule has 1 N–H and O–H groups in total. The van der Waals surface area contributed by atoms with Gasteiger partial charge in [0.1, 0.15) is 5.82 Å². The van der Waals surface area contributed by atoms with Gasteiger partial charge in [-0.05, 0) is 37.5 Å². The van der Waals surface area contributed by atoms with E-state index in [1.165, 1.54) is 47.4 Å². The highest BCUT2D eigenvalue weighted by Gasteiger charge is 2.29. The summed E-state index contributed by atoms with van der Waals surface area (Å²) in [5.41, 5.74) is 2.57. The normalized spacial score (nSPS) is 15.0. The van der Waals surface area contributed by atoms with E-state index in [2.05, 4.69) is 18.9 Å². The van der Waals surface area contributed by atoms with Crippen molar-refractivity contribution in [3.05, 3.63) is 47.2 Å². The molecule has 5 nitrogen and oxygen atoms in total. The van der Waals surface area contributed by atoms with Crippen LogP contribution in [0, 0.1) is 12.7 Å². The average molecular weight is 460 g/mol. The summed E-state index contributed by atoms with van der Waals surface area (Å²) in [5.74, 6) is -1.11. The third-order valence-electron chi connectivity index (χ3n) is 5.50. The van der Waals surface area contributed by atoms with Gasteiger partial charge in [-0.3, -0.25) is 0 Å². The van der Waals surface area contributed by atoms with Gasteiger partial charge in [0.25, 0.3) is 0 Å². The zero-order valence-electron chi connectivity index (χ0n) is 17.9. The number of halogens is 1. The van der Waals surface area contributed by atoms with Crippen LogP contribution in [0.3, 0.4) is 0 Å². The number of carbonyl (C=O) groups is 1. The number of aromatic nitrogens is 3. The molecule has 1 aromatic carbocycles. The number of rotatable bonds is 6. The van der Waals surface area contributed by atoms with E-state index >= 15 is 0 Å². The Balaban J connectivity index is 1.85. The van der Waals surface area contributed by atoms with Crippen LogP contribution in [0.5, 0.6) is 0 Å². The Morgan fingerprint density at radius 2 is 2.03 bits per heavy atom. The van der Waals surface area contributed by atoms with Crippen LogP contribution in [-0.2, 0) is 0 Å². The molecule has 1 saturated carbocycles. The van der Waals surface area contributed by atoms with Crippen molar-refractivity contribution in [2.24, 2.45) is 0 Å². The van der Waals surface area contributed by atoms with Gasteiger partial charge in [0.2, 0.25) is 5.13 Å². The standard InChI is InChI=1S/C23H26FN3O2S2/c1-13(2)30-22-19(15-8-5-4-6-9-15)25-23(31-22)27-20(21(28)29)18(14(3)26-27)16-10-7-11-17(24)12-16/h7,10-13,15H,4-6,8-9H2,1-3H3,(H,28,29). The van der Waals surface area contributed by atoms with Crippen molar-refractivity contribution in [2.75, 3.05) is 0 Å². The molecular weight excluding hydrogens is 433 g/mol. The number of hydrogen-bond acceptors (Lipinski definition) is 5. The Kier molecular flexibility index (Phi) is 6.48. The summed E-state index contributed by atoms with van der Waals surface area (Å²) < 4.78 is 16.4. The lowest BCUT2D eigenvalue weighted by Crippen LogP contribution is -2.10. The van der Waals surface area contributed by atoms with Gasteiger partial charge in [-0.2, -0.15) is 9.78 Å². The average Bonchev–Trinajstić information content (AvgIpc) is 3.29. The van der Waals surface area contributed by atoms with Gasteiger partial charge >= 0.3 is 5.97 Å². The third-order valence-corrected chi connectivity index (χ3v) is 7.78. The maximum Gasteiger partial charge on any atom is 0.355 e. The van der Waals surface area contributed by atoms with Gasteiger partial charge in [-0.1, -0.05) is 56.6 Å². The summed E-state index contributed by atoms with van der Waals surface area (Å²) in [4.78, 5) is 17.2. The van der Waals surface area contributed by atoms with Crippen LogP contribution in [0.2, 0.25) is 0 Å². The van der Waals surface area contributed by atoms with Crippen molar-refractivity contribution >= 4 is 29.1 Å². The summed E-state index contributed by atoms with van der Waals surface area (Å²) in [6.07, 6.45) is 5.90. The molecule has 0 amide bonds. The summed E-state index contributed by atoms with van der Waals surface area (Å²) in [7, 11) is 0. The Bertz CT molecular complexity index is 1100. The Morgan fingerprint density at radius 1 is 1.29 bits per heavy atom. The van der Waals surface area contributed by atoms with Crippen LogP contribution < -0.4 is 0 Å². The third kappa shape index (κ3) is 4.55. The number of carboxylic acid groups (broad SMARTS) is 1. The number of aryl methyl sites for hydroxylation is 1. The van der Waals surface area contributed by atoms with Crippen LogP contribution in [0.25, 0.3) is 16.3 Å². The smallest absolute Gasteiger partial charge is 0.355 e. The molecular formula is C23H26FN3O2S2. The van der Waals surface area contributed by atoms with Crippen LogP contribution in [0.15, 0.2) is 28.5 Å². The topological polar surface area (TPSA) is 68.0 Å². The van der Waals surface area contributed by atoms with Crippen molar-refractivity contribution in [3.8, 4) is 16.3 Å². The van der Waals surface area contributed by atoms with Gasteiger partial charge in [0.05, 0.1) is 15.6 Å². The largest absolute Gasteiger partial charge is 0.476 e. The Hall–Kier alpha value is -2.19. The SMILES string of the molecule is Cc1nn(-c2nc(C3CCCCC3)c(SC(C)C)s2)c(C(=O)O)c1-c1cccc(F)c1. The monoisotopic (exact) mass is 459 g/mol. The summed E-state index contributed by atoms with van der Waals surface area (Å²) in [6, 6.07) is 5.97. The Morgan fingerprint density at radius 3 is 2.68 bits per heavy atom. The fourth-order valence-corrected chi connectivity index (χ4v) is 6.78. The summed E-state index contributed by atoms with van der Waals surface area (Å²) in [5, 5.41) is 15.5. The van der Waals surface area contributed by atoms with Crippen molar-refractivity contribution in [3.63, 3.8) is 0 Å². The molecule has 0 radical (unpaired) electrons. The van der Waals surface area contributed by atoms with E-state index in [0.717, 1.165) is 22.7 Å². The van der Waals surface area contributed by atoms with Crippen LogP contribution in [0.1, 0.15) is 73.7 Å². The number of carboxylic acids is 1. The molecule has 1 aliphatic rings. The van der Waals surface area contributed by atoms with E-state index in [-0.39, 0.29) is 5.69 Å². The molecule has 31 heavy (non-hydrogen) atoms. The molecule has 164 valence electrons. The second kappa shape index (κ2) is 9.12. The van der Waals surface area contributed by atoms with E-state index in [0.29, 0.717) is 33.1 Å². The fourth-order valence-electron chi connectivity index (χ4n) is 4.18. The molecule has 2 heterocycles. The molecule has 0 atom stereocenters. The molecule has 0 bridgehead atoms. The van der Waals surface area contributed by atoms with E-state index in [1.54, 1.807) is 30.8 Å². The molecule has 0 saturated heterocycles. The van der Waals surface area contributed by atoms with Gasteiger partial charge in [-0.15, -0.1) is 11.8 Å². The lowest BCUT2D eigenvalue weighted by Gasteiger charge is -2.21. The summed E-state index contributed by atoms with van der Waals surface area (Å²) >= 11 is 3.28. The highest BCUT2D eigenvalue weighted by molar-refractivity contribution is 8.01. The maximum absolute atomic E-state index is 13.8. The predicted molar refractivity (Wildman–Crippen MR) is 123 cm³/mol. The van der Waals surface area contributed by atoms with Crippen molar-refractivity contribution < 1.29 is 14.3 Å². The van der Waals surface area contributed by atoms with E-state index in [1.807, 2.05) is 0 Å². The molecule has 3 aromatic rings. The minimum absolute atomic E-state index is 0.0214. The number of nitrogens with zero attached hydrogens (tertiary/aromatic N) is 3. The number of thioether (sulfide) groups is 1. The molecule has 0 unspecified atom stereocenters. The molecule has 0 spiro atoms. The van der Waals surface area contributed by atoms with Gasteiger partial charge in [-0.25, -0.2) is 14.2 Å². The van der Waals surface area contributed by atoms with Crippen molar-refractivity contribution in [1.29, 1.82) is 0 Å². The van der Waals surface area contributed by atoms with Crippen LogP contribution in [0.4, 0.5) is 4.39 Å². The first-order valence-corrected chi connectivity index (χ1v) is 12.3. The molecule has 0 aliphatic heterocycles. The minimum atomic E-state index is -1.10. The lowest BCUT2D eigenvalue weighted by molar-refractivity contribution is 0.0688. The Labute approximate surface area is 189 Å².